The summed E-state index contributed by atoms with van der Waals surface area (Å²) in [6.07, 6.45) is 9.26. The zero-order valence-electron chi connectivity index (χ0n) is 12.4. The van der Waals surface area contributed by atoms with Crippen LogP contribution in [0.15, 0.2) is 22.9 Å². The lowest BCUT2D eigenvalue weighted by Crippen LogP contribution is -2.50. The Kier molecular flexibility index (Phi) is 2.84. The van der Waals surface area contributed by atoms with Gasteiger partial charge in [0.05, 0.1) is 0 Å². The van der Waals surface area contributed by atoms with E-state index in [1.165, 1.54) is 38.6 Å². The lowest BCUT2D eigenvalue weighted by atomic mass is 9.47. The number of hydrogen-bond donors (Lipinski definition) is 0. The van der Waals surface area contributed by atoms with Crippen molar-refractivity contribution < 1.29 is 0 Å². The van der Waals surface area contributed by atoms with Crippen molar-refractivity contribution in [3.63, 3.8) is 0 Å². The van der Waals surface area contributed by atoms with Crippen LogP contribution in [0.25, 0.3) is 0 Å². The molecule has 0 aromatic carbocycles. The highest BCUT2D eigenvalue weighted by Crippen LogP contribution is 2.62. The molecule has 0 aromatic rings. The summed E-state index contributed by atoms with van der Waals surface area (Å²) in [4.78, 5) is 2.51. The van der Waals surface area contributed by atoms with Gasteiger partial charge in [-0.1, -0.05) is 25.5 Å². The Labute approximate surface area is 112 Å². The lowest BCUT2D eigenvalue weighted by Gasteiger charge is -2.58. The summed E-state index contributed by atoms with van der Waals surface area (Å²) in [5.74, 6) is 1.77. The minimum atomic E-state index is 0.544. The topological polar surface area (TPSA) is 3.24 Å². The van der Waals surface area contributed by atoms with Gasteiger partial charge >= 0.3 is 0 Å². The van der Waals surface area contributed by atoms with Crippen LogP contribution in [0, 0.1) is 17.3 Å². The summed E-state index contributed by atoms with van der Waals surface area (Å²) < 4.78 is 0. The lowest BCUT2D eigenvalue weighted by molar-refractivity contribution is -0.0103. The third-order valence-corrected chi connectivity index (χ3v) is 5.80. The van der Waals surface area contributed by atoms with E-state index in [-0.39, 0.29) is 0 Å². The van der Waals surface area contributed by atoms with Crippen LogP contribution >= 0.6 is 0 Å². The predicted molar refractivity (Wildman–Crippen MR) is 77.3 cm³/mol. The number of rotatable bonds is 1. The Balaban J connectivity index is 1.97. The first-order chi connectivity index (χ1) is 8.51. The Morgan fingerprint density at radius 2 is 2.06 bits per heavy atom. The fourth-order valence-electron chi connectivity index (χ4n) is 4.35. The summed E-state index contributed by atoms with van der Waals surface area (Å²) >= 11 is 0. The zero-order valence-corrected chi connectivity index (χ0v) is 12.4. The third kappa shape index (κ3) is 1.66. The summed E-state index contributed by atoms with van der Waals surface area (Å²) in [6.45, 7) is 8.58. The van der Waals surface area contributed by atoms with E-state index in [1.54, 1.807) is 16.8 Å². The second kappa shape index (κ2) is 4.15. The number of nitrogens with zero attached hydrogens (tertiary/aromatic N) is 1. The smallest absolute Gasteiger partial charge is 0.0358 e. The maximum atomic E-state index is 2.51. The van der Waals surface area contributed by atoms with Crippen LogP contribution in [0.1, 0.15) is 52.9 Å². The minimum Gasteiger partial charge on any atom is -0.375 e. The molecule has 1 nitrogen and oxygen atoms in total. The Hall–Kier alpha value is -0.720. The van der Waals surface area contributed by atoms with E-state index in [0.29, 0.717) is 5.41 Å². The first-order valence-electron chi connectivity index (χ1n) is 7.63. The first-order valence-corrected chi connectivity index (χ1v) is 7.63. The molecule has 0 saturated heterocycles. The van der Waals surface area contributed by atoms with Crippen LogP contribution in [0.5, 0.6) is 0 Å². The molecule has 1 heteroatoms. The van der Waals surface area contributed by atoms with Crippen LogP contribution < -0.4 is 0 Å². The monoisotopic (exact) mass is 245 g/mol. The highest BCUT2D eigenvalue weighted by Gasteiger charge is 2.53. The Bertz CT molecular complexity index is 413. The quantitative estimate of drug-likeness (QED) is 0.663. The average Bonchev–Trinajstić information content (AvgIpc) is 2.53. The van der Waals surface area contributed by atoms with Crippen molar-refractivity contribution in [1.82, 2.24) is 4.90 Å². The molecule has 1 saturated carbocycles. The van der Waals surface area contributed by atoms with Crippen molar-refractivity contribution in [2.75, 3.05) is 13.6 Å². The molecule has 18 heavy (non-hydrogen) atoms. The molecule has 2 atom stereocenters. The summed E-state index contributed by atoms with van der Waals surface area (Å²) in [7, 11) is 2.29. The van der Waals surface area contributed by atoms with Crippen molar-refractivity contribution in [1.29, 1.82) is 0 Å². The normalized spacial score (nSPS) is 34.9. The van der Waals surface area contributed by atoms with Crippen LogP contribution in [-0.2, 0) is 0 Å². The molecule has 3 aliphatic carbocycles. The number of likely N-dealkylation sites (N-methyl/N-ethyl adjacent to an activating group) is 1. The standard InChI is InChI=1S/C17H27N/c1-12-10-13-11-14(17(13,2)3)16(12)15-8-6-5-7-9-18(15)4/h8,13-14H,5-7,9-11H2,1-4H3/t13-,14-/m1/s1. The second-order valence-electron chi connectivity index (χ2n) is 7.21. The molecule has 1 aliphatic heterocycles. The first kappa shape index (κ1) is 12.3. The maximum absolute atomic E-state index is 2.51. The van der Waals surface area contributed by atoms with Crippen molar-refractivity contribution in [2.24, 2.45) is 17.3 Å². The molecule has 4 aliphatic rings. The van der Waals surface area contributed by atoms with Crippen LogP contribution in [0.2, 0.25) is 0 Å². The minimum absolute atomic E-state index is 0.544. The molecule has 2 bridgehead atoms. The highest BCUT2D eigenvalue weighted by molar-refractivity contribution is 5.42. The van der Waals surface area contributed by atoms with Gasteiger partial charge in [-0.05, 0) is 61.9 Å². The molecule has 0 amide bonds. The van der Waals surface area contributed by atoms with E-state index in [9.17, 15) is 0 Å². The second-order valence-corrected chi connectivity index (χ2v) is 7.21. The highest BCUT2D eigenvalue weighted by atomic mass is 15.1. The molecule has 0 radical (unpaired) electrons. The SMILES string of the molecule is CC1=C(C2=CCCCCN2C)[C@H]2C[C@@H](C1)C2(C)C. The number of hydrogen-bond acceptors (Lipinski definition) is 1. The Morgan fingerprint density at radius 3 is 2.78 bits per heavy atom. The predicted octanol–water partition coefficient (Wildman–Crippen LogP) is 4.37. The number of fused-ring (bicyclic) bond motifs is 1. The van der Waals surface area contributed by atoms with Gasteiger partial charge in [-0.3, -0.25) is 0 Å². The van der Waals surface area contributed by atoms with Crippen LogP contribution in [0.4, 0.5) is 0 Å². The zero-order chi connectivity index (χ0) is 12.9. The van der Waals surface area contributed by atoms with Gasteiger partial charge in [0.25, 0.3) is 0 Å². The van der Waals surface area contributed by atoms with Gasteiger partial charge in [0, 0.05) is 19.3 Å². The number of allylic oxidation sites excluding steroid dienone is 3. The molecule has 0 N–H and O–H groups in total. The van der Waals surface area contributed by atoms with Crippen molar-refractivity contribution >= 4 is 0 Å². The maximum Gasteiger partial charge on any atom is 0.0358 e. The molecule has 1 heterocycles. The van der Waals surface area contributed by atoms with Gasteiger partial charge in [-0.15, -0.1) is 0 Å². The van der Waals surface area contributed by atoms with Crippen LogP contribution in [-0.4, -0.2) is 18.5 Å². The molecule has 0 spiro atoms. The van der Waals surface area contributed by atoms with Gasteiger partial charge in [-0.2, -0.15) is 0 Å². The fraction of sp³-hybridized carbons (Fsp3) is 0.765. The third-order valence-electron chi connectivity index (χ3n) is 5.80. The van der Waals surface area contributed by atoms with Gasteiger partial charge in [0.2, 0.25) is 0 Å². The molecule has 0 unspecified atom stereocenters. The van der Waals surface area contributed by atoms with E-state index in [4.69, 9.17) is 0 Å². The van der Waals surface area contributed by atoms with Crippen molar-refractivity contribution in [3.05, 3.63) is 22.9 Å². The molecule has 100 valence electrons. The van der Waals surface area contributed by atoms with Gasteiger partial charge < -0.3 is 4.90 Å². The van der Waals surface area contributed by atoms with E-state index in [0.717, 1.165) is 11.8 Å². The van der Waals surface area contributed by atoms with Crippen molar-refractivity contribution in [3.8, 4) is 0 Å². The van der Waals surface area contributed by atoms with E-state index < -0.39 is 0 Å². The summed E-state index contributed by atoms with van der Waals surface area (Å²) in [6, 6.07) is 0. The van der Waals surface area contributed by atoms with Crippen LogP contribution in [0.3, 0.4) is 0 Å². The van der Waals surface area contributed by atoms with Gasteiger partial charge in [0.15, 0.2) is 0 Å². The Morgan fingerprint density at radius 1 is 1.28 bits per heavy atom. The molecule has 1 fully saturated rings. The van der Waals surface area contributed by atoms with Crippen molar-refractivity contribution in [2.45, 2.75) is 52.9 Å². The van der Waals surface area contributed by atoms with Gasteiger partial charge in [0.1, 0.15) is 0 Å². The molecular weight excluding hydrogens is 218 g/mol. The molecule has 0 aromatic heterocycles. The average molecular weight is 245 g/mol. The van der Waals surface area contributed by atoms with E-state index in [2.05, 4.69) is 38.8 Å². The molecular formula is C17H27N. The summed E-state index contributed by atoms with van der Waals surface area (Å²) in [5.41, 5.74) is 5.51. The van der Waals surface area contributed by atoms with E-state index >= 15 is 0 Å². The summed E-state index contributed by atoms with van der Waals surface area (Å²) in [5, 5.41) is 0. The largest absolute Gasteiger partial charge is 0.375 e. The molecule has 4 rings (SSSR count). The van der Waals surface area contributed by atoms with Gasteiger partial charge in [-0.25, -0.2) is 0 Å². The van der Waals surface area contributed by atoms with E-state index in [1.807, 2.05) is 0 Å². The fourth-order valence-corrected chi connectivity index (χ4v) is 4.35.